The van der Waals surface area contributed by atoms with Crippen molar-refractivity contribution in [2.45, 2.75) is 13.3 Å². The lowest BCUT2D eigenvalue weighted by molar-refractivity contribution is 0.628. The van der Waals surface area contributed by atoms with Gasteiger partial charge in [-0.15, -0.1) is 0 Å². The number of benzene rings is 2. The molecule has 4 rings (SSSR count). The Hall–Kier alpha value is -3.27. The minimum absolute atomic E-state index is 0.259. The standard InChI is InChI=1S/C22H18FN3/c1-2-15-3-5-18(6-4-15)22-25-20(16-7-9-19(23)10-8-16)21(26-22)17-11-13-24-14-12-17/h3-14H,2H2,1H3,(H,25,26). The predicted octanol–water partition coefficient (Wildman–Crippen LogP) is 5.51. The van der Waals surface area contributed by atoms with E-state index in [1.54, 1.807) is 24.5 Å². The van der Waals surface area contributed by atoms with Crippen molar-refractivity contribution in [3.63, 3.8) is 0 Å². The highest BCUT2D eigenvalue weighted by Gasteiger charge is 2.15. The molecule has 0 bridgehead atoms. The Morgan fingerprint density at radius 3 is 2.12 bits per heavy atom. The summed E-state index contributed by atoms with van der Waals surface area (Å²) in [4.78, 5) is 12.3. The second kappa shape index (κ2) is 6.92. The molecule has 0 aliphatic carbocycles. The molecule has 0 atom stereocenters. The molecule has 4 aromatic rings. The lowest BCUT2D eigenvalue weighted by Crippen LogP contribution is -1.84. The Balaban J connectivity index is 1.85. The van der Waals surface area contributed by atoms with Crippen molar-refractivity contribution in [1.29, 1.82) is 0 Å². The summed E-state index contributed by atoms with van der Waals surface area (Å²) in [6.45, 7) is 2.14. The number of aromatic nitrogens is 3. The third kappa shape index (κ3) is 3.14. The second-order valence-corrected chi connectivity index (χ2v) is 6.10. The van der Waals surface area contributed by atoms with Crippen LogP contribution in [0.4, 0.5) is 4.39 Å². The topological polar surface area (TPSA) is 41.6 Å². The average molecular weight is 343 g/mol. The Morgan fingerprint density at radius 1 is 0.808 bits per heavy atom. The van der Waals surface area contributed by atoms with Gasteiger partial charge in [-0.3, -0.25) is 4.98 Å². The van der Waals surface area contributed by atoms with Gasteiger partial charge < -0.3 is 4.98 Å². The van der Waals surface area contributed by atoms with Crippen LogP contribution < -0.4 is 0 Å². The van der Waals surface area contributed by atoms with Gasteiger partial charge in [0.2, 0.25) is 0 Å². The van der Waals surface area contributed by atoms with Crippen molar-refractivity contribution in [3.8, 4) is 33.9 Å². The zero-order valence-corrected chi connectivity index (χ0v) is 14.4. The number of rotatable bonds is 4. The maximum Gasteiger partial charge on any atom is 0.138 e. The van der Waals surface area contributed by atoms with Crippen LogP contribution in [-0.4, -0.2) is 15.0 Å². The minimum atomic E-state index is -0.259. The molecule has 26 heavy (non-hydrogen) atoms. The van der Waals surface area contributed by atoms with Gasteiger partial charge in [-0.2, -0.15) is 0 Å². The molecule has 0 unspecified atom stereocenters. The van der Waals surface area contributed by atoms with Gasteiger partial charge in [-0.1, -0.05) is 31.2 Å². The summed E-state index contributed by atoms with van der Waals surface area (Å²) in [6, 6.07) is 18.6. The summed E-state index contributed by atoms with van der Waals surface area (Å²) < 4.78 is 13.3. The average Bonchev–Trinajstić information content (AvgIpc) is 3.15. The number of aromatic amines is 1. The third-order valence-corrected chi connectivity index (χ3v) is 4.43. The van der Waals surface area contributed by atoms with Crippen LogP contribution in [0.3, 0.4) is 0 Å². The molecule has 2 heterocycles. The SMILES string of the molecule is CCc1ccc(-c2nc(-c3ccc(F)cc3)c(-c3ccncc3)[nH]2)cc1. The van der Waals surface area contributed by atoms with E-state index in [4.69, 9.17) is 4.98 Å². The number of pyridine rings is 1. The zero-order valence-electron chi connectivity index (χ0n) is 14.4. The zero-order chi connectivity index (χ0) is 17.9. The molecule has 1 N–H and O–H groups in total. The second-order valence-electron chi connectivity index (χ2n) is 6.10. The molecular formula is C22H18FN3. The van der Waals surface area contributed by atoms with Gasteiger partial charge in [0.1, 0.15) is 11.6 Å². The highest BCUT2D eigenvalue weighted by Crippen LogP contribution is 2.32. The summed E-state index contributed by atoms with van der Waals surface area (Å²) in [6.07, 6.45) is 4.50. The molecule has 3 nitrogen and oxygen atoms in total. The molecule has 0 spiro atoms. The fourth-order valence-electron chi connectivity index (χ4n) is 2.95. The lowest BCUT2D eigenvalue weighted by Gasteiger charge is -2.02. The van der Waals surface area contributed by atoms with Crippen LogP contribution in [0, 0.1) is 5.82 Å². The van der Waals surface area contributed by atoms with Gasteiger partial charge in [-0.05, 0) is 48.4 Å². The summed E-state index contributed by atoms with van der Waals surface area (Å²) in [5.41, 5.74) is 5.85. The Labute approximate surface area is 151 Å². The summed E-state index contributed by atoms with van der Waals surface area (Å²) in [7, 11) is 0. The van der Waals surface area contributed by atoms with Crippen LogP contribution in [0.25, 0.3) is 33.9 Å². The number of nitrogens with zero attached hydrogens (tertiary/aromatic N) is 2. The van der Waals surface area contributed by atoms with Crippen molar-refractivity contribution in [2.75, 3.05) is 0 Å². The first-order valence-corrected chi connectivity index (χ1v) is 8.60. The van der Waals surface area contributed by atoms with Gasteiger partial charge in [0.15, 0.2) is 0 Å². The molecule has 128 valence electrons. The molecule has 0 amide bonds. The smallest absolute Gasteiger partial charge is 0.138 e. The monoisotopic (exact) mass is 343 g/mol. The normalized spacial score (nSPS) is 10.8. The fourth-order valence-corrected chi connectivity index (χ4v) is 2.95. The molecule has 0 aliphatic rings. The maximum absolute atomic E-state index is 13.3. The van der Waals surface area contributed by atoms with Gasteiger partial charge in [0.25, 0.3) is 0 Å². The number of H-pyrrole nitrogens is 1. The van der Waals surface area contributed by atoms with Crippen molar-refractivity contribution >= 4 is 0 Å². The van der Waals surface area contributed by atoms with Crippen LogP contribution in [0.15, 0.2) is 73.1 Å². The van der Waals surface area contributed by atoms with Gasteiger partial charge in [0, 0.05) is 29.1 Å². The molecule has 2 aromatic heterocycles. The summed E-state index contributed by atoms with van der Waals surface area (Å²) in [5.74, 6) is 0.531. The van der Waals surface area contributed by atoms with E-state index < -0.39 is 0 Å². The largest absolute Gasteiger partial charge is 0.337 e. The highest BCUT2D eigenvalue weighted by molar-refractivity contribution is 5.81. The van der Waals surface area contributed by atoms with E-state index in [0.717, 1.165) is 40.3 Å². The van der Waals surface area contributed by atoms with E-state index in [2.05, 4.69) is 41.2 Å². The van der Waals surface area contributed by atoms with Crippen molar-refractivity contribution in [1.82, 2.24) is 15.0 Å². The number of nitrogens with one attached hydrogen (secondary N) is 1. The maximum atomic E-state index is 13.3. The van der Waals surface area contributed by atoms with Crippen LogP contribution in [0.5, 0.6) is 0 Å². The Kier molecular flexibility index (Phi) is 4.32. The Bertz CT molecular complexity index is 1000. The molecule has 0 radical (unpaired) electrons. The van der Waals surface area contributed by atoms with Crippen molar-refractivity contribution in [3.05, 3.63) is 84.4 Å². The van der Waals surface area contributed by atoms with Crippen LogP contribution in [0.2, 0.25) is 0 Å². The van der Waals surface area contributed by atoms with E-state index in [-0.39, 0.29) is 5.82 Å². The number of imidazole rings is 1. The summed E-state index contributed by atoms with van der Waals surface area (Å²) in [5, 5.41) is 0. The number of halogens is 1. The first kappa shape index (κ1) is 16.2. The molecule has 0 fully saturated rings. The van der Waals surface area contributed by atoms with Gasteiger partial charge in [-0.25, -0.2) is 9.37 Å². The van der Waals surface area contributed by atoms with Crippen LogP contribution in [-0.2, 0) is 6.42 Å². The predicted molar refractivity (Wildman–Crippen MR) is 102 cm³/mol. The van der Waals surface area contributed by atoms with Crippen LogP contribution >= 0.6 is 0 Å². The molecular weight excluding hydrogens is 325 g/mol. The van der Waals surface area contributed by atoms with E-state index in [0.29, 0.717) is 0 Å². The van der Waals surface area contributed by atoms with Crippen LogP contribution in [0.1, 0.15) is 12.5 Å². The van der Waals surface area contributed by atoms with Crippen molar-refractivity contribution < 1.29 is 4.39 Å². The third-order valence-electron chi connectivity index (χ3n) is 4.43. The lowest BCUT2D eigenvalue weighted by atomic mass is 10.1. The van der Waals surface area contributed by atoms with Gasteiger partial charge >= 0.3 is 0 Å². The Morgan fingerprint density at radius 2 is 1.46 bits per heavy atom. The summed E-state index contributed by atoms with van der Waals surface area (Å²) >= 11 is 0. The van der Waals surface area contributed by atoms with E-state index >= 15 is 0 Å². The minimum Gasteiger partial charge on any atom is -0.337 e. The number of hydrogen-bond donors (Lipinski definition) is 1. The molecule has 4 heteroatoms. The van der Waals surface area contributed by atoms with E-state index in [1.807, 2.05) is 12.1 Å². The van der Waals surface area contributed by atoms with E-state index in [1.165, 1.54) is 17.7 Å². The van der Waals surface area contributed by atoms with Crippen molar-refractivity contribution in [2.24, 2.45) is 0 Å². The first-order valence-electron chi connectivity index (χ1n) is 8.60. The molecule has 0 aliphatic heterocycles. The van der Waals surface area contributed by atoms with E-state index in [9.17, 15) is 4.39 Å². The first-order chi connectivity index (χ1) is 12.7. The van der Waals surface area contributed by atoms with Gasteiger partial charge in [0.05, 0.1) is 11.4 Å². The number of hydrogen-bond acceptors (Lipinski definition) is 2. The quantitative estimate of drug-likeness (QED) is 0.531. The number of aryl methyl sites for hydroxylation is 1. The molecule has 0 saturated carbocycles. The highest BCUT2D eigenvalue weighted by atomic mass is 19.1. The molecule has 2 aromatic carbocycles. The fraction of sp³-hybridized carbons (Fsp3) is 0.0909. The molecule has 0 saturated heterocycles.